The van der Waals surface area contributed by atoms with Crippen LogP contribution in [0.4, 0.5) is 0 Å². The van der Waals surface area contributed by atoms with Crippen LogP contribution in [0.3, 0.4) is 0 Å². The number of nitrogens with zero attached hydrogens (tertiary/aromatic N) is 2. The first kappa shape index (κ1) is 32.1. The molecule has 0 saturated heterocycles. The highest BCUT2D eigenvalue weighted by Gasteiger charge is 2.37. The number of hydrogen-bond acceptors (Lipinski definition) is 4. The molecule has 0 aromatic heterocycles. The molecule has 0 spiro atoms. The standard InChI is InChI=1S/C27H51N3O4/c1-11-21(6)29(10)17-15-13-14-16-23(31)28-24(27(7,8)9)25(32)30(12-2)22(19(3)4)18-20(5)26(33)34/h18-19,21-22,24H,11-17H2,1-10H3,(H,28,31)(H,33,34)/b20-18+. The Morgan fingerprint density at radius 2 is 1.62 bits per heavy atom. The summed E-state index contributed by atoms with van der Waals surface area (Å²) in [6, 6.07) is -0.485. The summed E-state index contributed by atoms with van der Waals surface area (Å²) in [5.74, 6) is -1.25. The van der Waals surface area contributed by atoms with Gasteiger partial charge in [-0.2, -0.15) is 0 Å². The molecule has 2 amide bonds. The summed E-state index contributed by atoms with van der Waals surface area (Å²) in [4.78, 5) is 41.8. The number of rotatable bonds is 15. The van der Waals surface area contributed by atoms with Crippen molar-refractivity contribution in [3.63, 3.8) is 0 Å². The zero-order valence-electron chi connectivity index (χ0n) is 23.4. The number of hydrogen-bond donors (Lipinski definition) is 2. The number of nitrogens with one attached hydrogen (secondary N) is 1. The predicted molar refractivity (Wildman–Crippen MR) is 140 cm³/mol. The molecule has 2 N–H and O–H groups in total. The molecule has 0 aliphatic carbocycles. The quantitative estimate of drug-likeness (QED) is 0.261. The van der Waals surface area contributed by atoms with Gasteiger partial charge in [-0.15, -0.1) is 0 Å². The van der Waals surface area contributed by atoms with Crippen molar-refractivity contribution < 1.29 is 19.5 Å². The average molecular weight is 482 g/mol. The molecule has 0 radical (unpaired) electrons. The number of carboxylic acid groups (broad SMARTS) is 1. The van der Waals surface area contributed by atoms with Crippen molar-refractivity contribution in [1.82, 2.24) is 15.1 Å². The van der Waals surface area contributed by atoms with Crippen LogP contribution >= 0.6 is 0 Å². The van der Waals surface area contributed by atoms with Gasteiger partial charge in [0.2, 0.25) is 11.8 Å². The Bertz CT molecular complexity index is 682. The van der Waals surface area contributed by atoms with E-state index >= 15 is 0 Å². The van der Waals surface area contributed by atoms with E-state index in [1.807, 2.05) is 41.5 Å². The minimum atomic E-state index is -0.995. The van der Waals surface area contributed by atoms with Crippen LogP contribution in [0.15, 0.2) is 11.6 Å². The van der Waals surface area contributed by atoms with Crippen molar-refractivity contribution in [2.24, 2.45) is 11.3 Å². The van der Waals surface area contributed by atoms with Crippen LogP contribution in [0.1, 0.15) is 94.4 Å². The van der Waals surface area contributed by atoms with Crippen molar-refractivity contribution in [2.45, 2.75) is 113 Å². The minimum Gasteiger partial charge on any atom is -0.478 e. The molecule has 0 heterocycles. The van der Waals surface area contributed by atoms with Crippen LogP contribution in [0.25, 0.3) is 0 Å². The molecule has 0 fully saturated rings. The van der Waals surface area contributed by atoms with Crippen LogP contribution < -0.4 is 5.32 Å². The Labute approximate surface area is 208 Å². The highest BCUT2D eigenvalue weighted by Crippen LogP contribution is 2.24. The molecule has 3 atom stereocenters. The highest BCUT2D eigenvalue weighted by atomic mass is 16.4. The number of carboxylic acids is 1. The molecular formula is C27H51N3O4. The Morgan fingerprint density at radius 1 is 1.03 bits per heavy atom. The molecule has 7 nitrogen and oxygen atoms in total. The first-order valence-electron chi connectivity index (χ1n) is 12.9. The summed E-state index contributed by atoms with van der Waals surface area (Å²) in [6.45, 7) is 19.0. The summed E-state index contributed by atoms with van der Waals surface area (Å²) in [5.41, 5.74) is -0.271. The van der Waals surface area contributed by atoms with Crippen LogP contribution in [-0.2, 0) is 14.4 Å². The van der Waals surface area contributed by atoms with Crippen molar-refractivity contribution in [2.75, 3.05) is 20.1 Å². The number of amides is 2. The van der Waals surface area contributed by atoms with Gasteiger partial charge in [-0.25, -0.2) is 4.79 Å². The summed E-state index contributed by atoms with van der Waals surface area (Å²) in [7, 11) is 2.14. The van der Waals surface area contributed by atoms with Gasteiger partial charge in [0.1, 0.15) is 6.04 Å². The van der Waals surface area contributed by atoms with Gasteiger partial charge in [0, 0.05) is 24.6 Å². The monoisotopic (exact) mass is 481 g/mol. The lowest BCUT2D eigenvalue weighted by molar-refractivity contribution is -0.141. The lowest BCUT2D eigenvalue weighted by Crippen LogP contribution is -2.57. The molecule has 0 saturated carbocycles. The second-order valence-electron chi connectivity index (χ2n) is 10.9. The lowest BCUT2D eigenvalue weighted by atomic mass is 9.84. The summed E-state index contributed by atoms with van der Waals surface area (Å²) >= 11 is 0. The largest absolute Gasteiger partial charge is 0.478 e. The third kappa shape index (κ3) is 11.0. The molecule has 7 heteroatoms. The first-order chi connectivity index (χ1) is 15.7. The Morgan fingerprint density at radius 3 is 2.06 bits per heavy atom. The average Bonchev–Trinajstić information content (AvgIpc) is 2.74. The molecule has 0 bridgehead atoms. The second-order valence-corrected chi connectivity index (χ2v) is 10.9. The first-order valence-corrected chi connectivity index (χ1v) is 12.9. The van der Waals surface area contributed by atoms with E-state index in [4.69, 9.17) is 0 Å². The van der Waals surface area contributed by atoms with E-state index in [0.717, 1.165) is 32.2 Å². The molecule has 198 valence electrons. The smallest absolute Gasteiger partial charge is 0.331 e. The van der Waals surface area contributed by atoms with Crippen LogP contribution in [-0.4, -0.2) is 71.0 Å². The third-order valence-electron chi connectivity index (χ3n) is 6.60. The number of likely N-dealkylation sites (N-methyl/N-ethyl adjacent to an activating group) is 1. The van der Waals surface area contributed by atoms with Crippen LogP contribution in [0.5, 0.6) is 0 Å². The summed E-state index contributed by atoms with van der Waals surface area (Å²) < 4.78 is 0. The van der Waals surface area contributed by atoms with E-state index in [1.54, 1.807) is 17.9 Å². The van der Waals surface area contributed by atoms with E-state index in [1.165, 1.54) is 0 Å². The van der Waals surface area contributed by atoms with E-state index in [9.17, 15) is 19.5 Å². The van der Waals surface area contributed by atoms with Crippen molar-refractivity contribution >= 4 is 17.8 Å². The number of aliphatic carboxylic acids is 1. The van der Waals surface area contributed by atoms with E-state index in [0.29, 0.717) is 19.0 Å². The van der Waals surface area contributed by atoms with Gasteiger partial charge in [-0.1, -0.05) is 54.0 Å². The Kier molecular flexibility index (Phi) is 14.3. The number of unbranched alkanes of at least 4 members (excludes halogenated alkanes) is 2. The lowest BCUT2D eigenvalue weighted by Gasteiger charge is -2.39. The third-order valence-corrected chi connectivity index (χ3v) is 6.60. The number of carbonyl (C=O) groups excluding carboxylic acids is 2. The molecule has 0 rings (SSSR count). The zero-order valence-corrected chi connectivity index (χ0v) is 23.4. The van der Waals surface area contributed by atoms with Gasteiger partial charge < -0.3 is 20.2 Å². The van der Waals surface area contributed by atoms with E-state index < -0.39 is 17.4 Å². The fourth-order valence-corrected chi connectivity index (χ4v) is 3.89. The molecule has 0 aliphatic heterocycles. The summed E-state index contributed by atoms with van der Waals surface area (Å²) in [6.07, 6.45) is 5.97. The second kappa shape index (κ2) is 15.2. The highest BCUT2D eigenvalue weighted by molar-refractivity contribution is 5.89. The SMILES string of the molecule is CCC(C)N(C)CCCCCC(=O)NC(C(=O)N(CC)C(/C=C(\C)C(=O)O)C(C)C)C(C)(C)C. The minimum absolute atomic E-state index is 0.0306. The fraction of sp³-hybridized carbons (Fsp3) is 0.815. The van der Waals surface area contributed by atoms with Crippen molar-refractivity contribution in [1.29, 1.82) is 0 Å². The van der Waals surface area contributed by atoms with Gasteiger partial charge in [0.05, 0.1) is 6.04 Å². The molecule has 0 aromatic carbocycles. The Balaban J connectivity index is 5.26. The summed E-state index contributed by atoms with van der Waals surface area (Å²) in [5, 5.41) is 12.3. The molecule has 0 aliphatic rings. The van der Waals surface area contributed by atoms with E-state index in [2.05, 4.69) is 31.1 Å². The van der Waals surface area contributed by atoms with Gasteiger partial charge in [0.25, 0.3) is 0 Å². The van der Waals surface area contributed by atoms with Gasteiger partial charge in [-0.05, 0) is 65.0 Å². The van der Waals surface area contributed by atoms with Gasteiger partial charge in [0.15, 0.2) is 0 Å². The molecule has 0 aromatic rings. The normalized spacial score (nSPS) is 15.2. The maximum absolute atomic E-state index is 13.6. The van der Waals surface area contributed by atoms with Gasteiger partial charge >= 0.3 is 5.97 Å². The molecule has 34 heavy (non-hydrogen) atoms. The fourth-order valence-electron chi connectivity index (χ4n) is 3.89. The maximum atomic E-state index is 13.6. The van der Waals surface area contributed by atoms with E-state index in [-0.39, 0.29) is 29.3 Å². The maximum Gasteiger partial charge on any atom is 0.331 e. The number of carbonyl (C=O) groups is 3. The molecular weight excluding hydrogens is 430 g/mol. The van der Waals surface area contributed by atoms with Crippen LogP contribution in [0.2, 0.25) is 0 Å². The topological polar surface area (TPSA) is 90.0 Å². The van der Waals surface area contributed by atoms with Crippen LogP contribution in [0, 0.1) is 11.3 Å². The van der Waals surface area contributed by atoms with Crippen molar-refractivity contribution in [3.8, 4) is 0 Å². The van der Waals surface area contributed by atoms with Gasteiger partial charge in [-0.3, -0.25) is 9.59 Å². The predicted octanol–water partition coefficient (Wildman–Crippen LogP) is 4.71. The zero-order chi connectivity index (χ0) is 26.6. The Hall–Kier alpha value is -1.89. The molecule has 3 unspecified atom stereocenters. The van der Waals surface area contributed by atoms with Crippen molar-refractivity contribution in [3.05, 3.63) is 11.6 Å².